The van der Waals surface area contributed by atoms with E-state index in [1.165, 1.54) is 10.4 Å². The number of hydrogen-bond donors (Lipinski definition) is 3. The van der Waals surface area contributed by atoms with Gasteiger partial charge >= 0.3 is 0 Å². The van der Waals surface area contributed by atoms with E-state index in [0.717, 1.165) is 47.9 Å². The average Bonchev–Trinajstić information content (AvgIpc) is 3.00. The Labute approximate surface area is 152 Å². The van der Waals surface area contributed by atoms with Gasteiger partial charge in [-0.2, -0.15) is 0 Å². The fraction of sp³-hybridized carbons (Fsp3) is 0.421. The first-order chi connectivity index (χ1) is 12.2. The molecule has 0 aliphatic carbocycles. The zero-order valence-electron chi connectivity index (χ0n) is 14.6. The summed E-state index contributed by atoms with van der Waals surface area (Å²) in [7, 11) is 0. The van der Waals surface area contributed by atoms with E-state index in [4.69, 9.17) is 4.74 Å². The monoisotopic (exact) mass is 358 g/mol. The Kier molecular flexibility index (Phi) is 4.39. The second kappa shape index (κ2) is 6.69. The van der Waals surface area contributed by atoms with Crippen LogP contribution in [-0.2, 0) is 13.0 Å². The van der Waals surface area contributed by atoms with Crippen molar-refractivity contribution >= 4 is 22.2 Å². The van der Waals surface area contributed by atoms with Gasteiger partial charge in [0, 0.05) is 6.42 Å². The third-order valence-corrected chi connectivity index (χ3v) is 6.20. The molecule has 0 bridgehead atoms. The number of rotatable bonds is 4. The molecule has 0 spiro atoms. The minimum absolute atomic E-state index is 0.0464. The highest BCUT2D eigenvalue weighted by atomic mass is 32.1. The first-order valence-corrected chi connectivity index (χ1v) is 9.79. The topological polar surface area (TPSA) is 54.8 Å². The van der Waals surface area contributed by atoms with E-state index in [2.05, 4.69) is 17.6 Å². The summed E-state index contributed by atoms with van der Waals surface area (Å²) in [5.74, 6) is 0.897. The predicted octanol–water partition coefficient (Wildman–Crippen LogP) is 1.96. The van der Waals surface area contributed by atoms with Crippen molar-refractivity contribution in [3.8, 4) is 5.75 Å². The van der Waals surface area contributed by atoms with Crippen LogP contribution in [0.3, 0.4) is 0 Å². The molecule has 6 heteroatoms. The van der Waals surface area contributed by atoms with Gasteiger partial charge in [-0.3, -0.25) is 4.79 Å². The fourth-order valence-corrected chi connectivity index (χ4v) is 4.99. The van der Waals surface area contributed by atoms with Gasteiger partial charge in [0.05, 0.1) is 30.1 Å². The summed E-state index contributed by atoms with van der Waals surface area (Å²) in [6.45, 7) is 8.13. The lowest BCUT2D eigenvalue weighted by Crippen LogP contribution is -3.11. The van der Waals surface area contributed by atoms with Gasteiger partial charge < -0.3 is 20.3 Å². The smallest absolute Gasteiger partial charge is 0.256 e. The van der Waals surface area contributed by atoms with Gasteiger partial charge in [-0.15, -0.1) is 11.3 Å². The van der Waals surface area contributed by atoms with Gasteiger partial charge in [0.2, 0.25) is 0 Å². The van der Waals surface area contributed by atoms with Crippen molar-refractivity contribution < 1.29 is 14.4 Å². The third kappa shape index (κ3) is 3.00. The maximum Gasteiger partial charge on any atom is 0.256 e. The minimum atomic E-state index is -0.189. The number of hydrogen-bond acceptors (Lipinski definition) is 4. The molecule has 2 aliphatic rings. The molecule has 0 radical (unpaired) electrons. The molecule has 5 nitrogen and oxygen atoms in total. The number of carbonyl (C=O) groups excluding carboxylic acids is 1. The van der Waals surface area contributed by atoms with E-state index in [-0.39, 0.29) is 12.1 Å². The molecule has 2 aliphatic heterocycles. The Morgan fingerprint density at radius 2 is 2.04 bits per heavy atom. The molecule has 3 heterocycles. The van der Waals surface area contributed by atoms with Gasteiger partial charge in [0.1, 0.15) is 23.5 Å². The summed E-state index contributed by atoms with van der Waals surface area (Å²) in [6.07, 6.45) is 0.804. The van der Waals surface area contributed by atoms with Crippen LogP contribution < -0.4 is 20.3 Å². The van der Waals surface area contributed by atoms with Crippen molar-refractivity contribution in [1.29, 1.82) is 0 Å². The van der Waals surface area contributed by atoms with E-state index in [0.29, 0.717) is 6.61 Å². The number of likely N-dealkylation sites (N-methyl/N-ethyl adjacent to an activating group) is 1. The van der Waals surface area contributed by atoms with Crippen molar-refractivity contribution in [2.45, 2.75) is 33.0 Å². The second-order valence-electron chi connectivity index (χ2n) is 6.54. The summed E-state index contributed by atoms with van der Waals surface area (Å²) in [4.78, 5) is 15.7. The van der Waals surface area contributed by atoms with Gasteiger partial charge in [-0.1, -0.05) is 12.1 Å². The van der Waals surface area contributed by atoms with Crippen molar-refractivity contribution in [3.63, 3.8) is 0 Å². The van der Waals surface area contributed by atoms with E-state index in [1.54, 1.807) is 16.2 Å². The number of carbonyl (C=O) groups is 1. The van der Waals surface area contributed by atoms with Crippen LogP contribution >= 0.6 is 11.3 Å². The number of quaternary nitrogens is 1. The van der Waals surface area contributed by atoms with Gasteiger partial charge in [-0.25, -0.2) is 0 Å². The lowest BCUT2D eigenvalue weighted by Gasteiger charge is -2.27. The summed E-state index contributed by atoms with van der Waals surface area (Å²) < 4.78 is 5.49. The number of amides is 1. The van der Waals surface area contributed by atoms with Crippen molar-refractivity contribution in [2.24, 2.45) is 0 Å². The average molecular weight is 358 g/mol. The van der Waals surface area contributed by atoms with Crippen molar-refractivity contribution in [3.05, 3.63) is 45.8 Å². The molecular formula is C19H24N3O2S+. The zero-order chi connectivity index (χ0) is 17.4. The number of thiophene rings is 1. The number of benzene rings is 1. The molecule has 3 N–H and O–H groups in total. The van der Waals surface area contributed by atoms with Gasteiger partial charge in [0.15, 0.2) is 0 Å². The number of fused-ring (bicyclic) bond motifs is 3. The predicted molar refractivity (Wildman–Crippen MR) is 99.5 cm³/mol. The molecule has 0 fully saturated rings. The molecule has 1 aromatic carbocycles. The lowest BCUT2D eigenvalue weighted by atomic mass is 10.0. The highest BCUT2D eigenvalue weighted by Gasteiger charge is 2.34. The SMILES string of the molecule is CCOc1ccc([C@H]2NC(=O)c3c(sc4c3CC[NH+](CC)C4)N2)cc1. The fourth-order valence-electron chi connectivity index (χ4n) is 3.64. The van der Waals surface area contributed by atoms with Crippen LogP contribution in [0.2, 0.25) is 0 Å². The minimum Gasteiger partial charge on any atom is -0.494 e. The quantitative estimate of drug-likeness (QED) is 0.783. The van der Waals surface area contributed by atoms with Crippen LogP contribution in [0.4, 0.5) is 5.00 Å². The van der Waals surface area contributed by atoms with Crippen LogP contribution in [0.15, 0.2) is 24.3 Å². The third-order valence-electron chi connectivity index (χ3n) is 5.03. The molecule has 1 unspecified atom stereocenters. The molecule has 2 atom stereocenters. The van der Waals surface area contributed by atoms with Crippen LogP contribution in [0.1, 0.15) is 46.4 Å². The van der Waals surface area contributed by atoms with Gasteiger partial charge in [-0.05, 0) is 37.1 Å². The van der Waals surface area contributed by atoms with Crippen LogP contribution in [-0.4, -0.2) is 25.6 Å². The van der Waals surface area contributed by atoms with Gasteiger partial charge in [0.25, 0.3) is 5.91 Å². The van der Waals surface area contributed by atoms with Crippen molar-refractivity contribution in [2.75, 3.05) is 25.0 Å². The highest BCUT2D eigenvalue weighted by molar-refractivity contribution is 7.16. The first kappa shape index (κ1) is 16.4. The Bertz CT molecular complexity index is 785. The summed E-state index contributed by atoms with van der Waals surface area (Å²) in [5.41, 5.74) is 3.17. The second-order valence-corrected chi connectivity index (χ2v) is 7.65. The van der Waals surface area contributed by atoms with Crippen LogP contribution in [0, 0.1) is 0 Å². The Morgan fingerprint density at radius 3 is 2.76 bits per heavy atom. The first-order valence-electron chi connectivity index (χ1n) is 8.97. The molecular weight excluding hydrogens is 334 g/mol. The van der Waals surface area contributed by atoms with Crippen molar-refractivity contribution in [1.82, 2.24) is 5.32 Å². The molecule has 2 aromatic rings. The maximum atomic E-state index is 12.7. The Morgan fingerprint density at radius 1 is 1.24 bits per heavy atom. The summed E-state index contributed by atoms with van der Waals surface area (Å²) in [5, 5.41) is 7.65. The standard InChI is InChI=1S/C19H23N3O2S/c1-3-22-10-9-14-15(11-22)25-19-16(14)18(23)20-17(21-19)12-5-7-13(8-6-12)24-4-2/h5-8,17,21H,3-4,9-11H2,1-2H3,(H,20,23)/p+1/t17-/m0/s1. The van der Waals surface area contributed by atoms with Crippen LogP contribution in [0.25, 0.3) is 0 Å². The molecule has 1 amide bonds. The van der Waals surface area contributed by atoms with E-state index < -0.39 is 0 Å². The summed E-state index contributed by atoms with van der Waals surface area (Å²) in [6, 6.07) is 7.91. The molecule has 132 valence electrons. The van der Waals surface area contributed by atoms with E-state index in [9.17, 15) is 4.79 Å². The number of anilines is 1. The van der Waals surface area contributed by atoms with Crippen LogP contribution in [0.5, 0.6) is 5.75 Å². The number of nitrogens with one attached hydrogen (secondary N) is 3. The maximum absolute atomic E-state index is 12.7. The normalized spacial score (nSPS) is 21.8. The van der Waals surface area contributed by atoms with E-state index in [1.807, 2.05) is 31.2 Å². The van der Waals surface area contributed by atoms with E-state index >= 15 is 0 Å². The highest BCUT2D eigenvalue weighted by Crippen LogP contribution is 2.39. The summed E-state index contributed by atoms with van der Waals surface area (Å²) >= 11 is 1.75. The molecule has 0 saturated heterocycles. The molecule has 4 rings (SSSR count). The Balaban J connectivity index is 1.59. The number of ether oxygens (including phenoxy) is 1. The lowest BCUT2D eigenvalue weighted by molar-refractivity contribution is -0.913. The zero-order valence-corrected chi connectivity index (χ0v) is 15.5. The largest absolute Gasteiger partial charge is 0.494 e. The molecule has 1 aromatic heterocycles. The Hall–Kier alpha value is -2.05. The molecule has 0 saturated carbocycles. The molecule has 25 heavy (non-hydrogen) atoms.